The quantitative estimate of drug-likeness (QED) is 0.723. The van der Waals surface area contributed by atoms with Crippen LogP contribution in [0.25, 0.3) is 10.8 Å². The fourth-order valence-corrected chi connectivity index (χ4v) is 2.59. The molecule has 0 radical (unpaired) electrons. The Morgan fingerprint density at radius 2 is 1.71 bits per heavy atom. The minimum atomic E-state index is -0.515. The summed E-state index contributed by atoms with van der Waals surface area (Å²) in [7, 11) is 0. The molecule has 24 heavy (non-hydrogen) atoms. The van der Waals surface area contributed by atoms with Crippen molar-refractivity contribution in [2.45, 2.75) is 26.4 Å². The van der Waals surface area contributed by atoms with Gasteiger partial charge in [-0.05, 0) is 48.4 Å². The SMILES string of the molecule is CCC(Oc1ccc(C)cc1)C(=O)Nc1ccc2ccccc2c1. The Kier molecular flexibility index (Phi) is 4.80. The number of carbonyl (C=O) groups is 1. The molecule has 0 fully saturated rings. The van der Waals surface area contributed by atoms with Crippen molar-refractivity contribution in [2.75, 3.05) is 5.32 Å². The predicted octanol–water partition coefficient (Wildman–Crippen LogP) is 4.94. The number of anilines is 1. The van der Waals surface area contributed by atoms with E-state index in [0.29, 0.717) is 12.2 Å². The highest BCUT2D eigenvalue weighted by molar-refractivity contribution is 5.96. The third-order valence-corrected chi connectivity index (χ3v) is 3.98. The fraction of sp³-hybridized carbons (Fsp3) is 0.190. The van der Waals surface area contributed by atoms with Gasteiger partial charge >= 0.3 is 0 Å². The molecule has 1 unspecified atom stereocenters. The standard InChI is InChI=1S/C21H21NO2/c1-3-20(24-19-12-8-15(2)9-13-19)21(23)22-18-11-10-16-6-4-5-7-17(16)14-18/h4-14,20H,3H2,1-2H3,(H,22,23). The van der Waals surface area contributed by atoms with E-state index in [4.69, 9.17) is 4.74 Å². The summed E-state index contributed by atoms with van der Waals surface area (Å²) in [6, 6.07) is 21.7. The summed E-state index contributed by atoms with van der Waals surface area (Å²) >= 11 is 0. The van der Waals surface area contributed by atoms with Crippen molar-refractivity contribution >= 4 is 22.4 Å². The van der Waals surface area contributed by atoms with Crippen molar-refractivity contribution < 1.29 is 9.53 Å². The molecule has 0 aromatic heterocycles. The second kappa shape index (κ2) is 7.18. The molecule has 0 aliphatic carbocycles. The number of fused-ring (bicyclic) bond motifs is 1. The van der Waals surface area contributed by atoms with Crippen LogP contribution in [0.1, 0.15) is 18.9 Å². The lowest BCUT2D eigenvalue weighted by atomic mass is 10.1. The molecule has 0 spiro atoms. The normalized spacial score (nSPS) is 11.9. The number of ether oxygens (including phenoxy) is 1. The second-order valence-electron chi connectivity index (χ2n) is 5.88. The molecular weight excluding hydrogens is 298 g/mol. The zero-order valence-corrected chi connectivity index (χ0v) is 14.0. The molecule has 1 atom stereocenters. The Morgan fingerprint density at radius 1 is 1.00 bits per heavy atom. The summed E-state index contributed by atoms with van der Waals surface area (Å²) in [6.45, 7) is 3.96. The molecule has 1 amide bonds. The summed E-state index contributed by atoms with van der Waals surface area (Å²) in [4.78, 5) is 12.5. The van der Waals surface area contributed by atoms with Crippen LogP contribution in [0.2, 0.25) is 0 Å². The summed E-state index contributed by atoms with van der Waals surface area (Å²) in [5.74, 6) is 0.578. The van der Waals surface area contributed by atoms with Gasteiger partial charge in [-0.25, -0.2) is 0 Å². The Morgan fingerprint density at radius 3 is 2.42 bits per heavy atom. The van der Waals surface area contributed by atoms with Crippen LogP contribution in [0.15, 0.2) is 66.7 Å². The number of hydrogen-bond acceptors (Lipinski definition) is 2. The summed E-state index contributed by atoms with van der Waals surface area (Å²) in [6.07, 6.45) is 0.0898. The van der Waals surface area contributed by atoms with Gasteiger partial charge in [0.2, 0.25) is 0 Å². The van der Waals surface area contributed by atoms with E-state index in [1.807, 2.05) is 74.5 Å². The lowest BCUT2D eigenvalue weighted by molar-refractivity contribution is -0.122. The molecule has 0 saturated heterocycles. The lowest BCUT2D eigenvalue weighted by Crippen LogP contribution is -2.32. The van der Waals surface area contributed by atoms with E-state index in [1.54, 1.807) is 0 Å². The first-order chi connectivity index (χ1) is 11.7. The Hall–Kier alpha value is -2.81. The molecule has 0 bridgehead atoms. The van der Waals surface area contributed by atoms with Crippen LogP contribution in [-0.2, 0) is 4.79 Å². The second-order valence-corrected chi connectivity index (χ2v) is 5.88. The minimum Gasteiger partial charge on any atom is -0.481 e. The molecule has 3 aromatic rings. The van der Waals surface area contributed by atoms with E-state index in [1.165, 1.54) is 0 Å². The minimum absolute atomic E-state index is 0.131. The van der Waals surface area contributed by atoms with E-state index in [9.17, 15) is 4.79 Å². The van der Waals surface area contributed by atoms with Gasteiger partial charge in [0.15, 0.2) is 6.10 Å². The van der Waals surface area contributed by atoms with Crippen molar-refractivity contribution in [1.82, 2.24) is 0 Å². The first kappa shape index (κ1) is 16.1. The van der Waals surface area contributed by atoms with Crippen LogP contribution in [0.5, 0.6) is 5.75 Å². The highest BCUT2D eigenvalue weighted by Gasteiger charge is 2.18. The van der Waals surface area contributed by atoms with Gasteiger partial charge in [-0.15, -0.1) is 0 Å². The maximum atomic E-state index is 12.5. The Bertz CT molecular complexity index is 840. The van der Waals surface area contributed by atoms with Crippen LogP contribution < -0.4 is 10.1 Å². The number of aryl methyl sites for hydroxylation is 1. The molecule has 122 valence electrons. The van der Waals surface area contributed by atoms with Crippen molar-refractivity contribution in [3.63, 3.8) is 0 Å². The van der Waals surface area contributed by atoms with E-state index < -0.39 is 6.10 Å². The van der Waals surface area contributed by atoms with Gasteiger partial charge in [0, 0.05) is 5.69 Å². The van der Waals surface area contributed by atoms with Gasteiger partial charge in [-0.3, -0.25) is 4.79 Å². The molecule has 0 saturated carbocycles. The smallest absolute Gasteiger partial charge is 0.265 e. The van der Waals surface area contributed by atoms with Gasteiger partial charge in [0.05, 0.1) is 0 Å². The highest BCUT2D eigenvalue weighted by atomic mass is 16.5. The molecule has 3 rings (SSSR count). The number of carbonyl (C=O) groups excluding carboxylic acids is 1. The van der Waals surface area contributed by atoms with Crippen LogP contribution in [0, 0.1) is 6.92 Å². The Balaban J connectivity index is 1.72. The summed E-state index contributed by atoms with van der Waals surface area (Å²) < 4.78 is 5.83. The van der Waals surface area contributed by atoms with Gasteiger partial charge in [0.1, 0.15) is 5.75 Å². The molecule has 0 heterocycles. The molecule has 3 aromatic carbocycles. The largest absolute Gasteiger partial charge is 0.481 e. The average Bonchev–Trinajstić information content (AvgIpc) is 2.61. The number of hydrogen-bond donors (Lipinski definition) is 1. The highest BCUT2D eigenvalue weighted by Crippen LogP contribution is 2.20. The third-order valence-electron chi connectivity index (χ3n) is 3.98. The number of benzene rings is 3. The number of nitrogens with one attached hydrogen (secondary N) is 1. The lowest BCUT2D eigenvalue weighted by Gasteiger charge is -2.17. The fourth-order valence-electron chi connectivity index (χ4n) is 2.59. The Labute approximate surface area is 142 Å². The van der Waals surface area contributed by atoms with Gasteiger partial charge in [-0.1, -0.05) is 55.0 Å². The van der Waals surface area contributed by atoms with Gasteiger partial charge in [0.25, 0.3) is 5.91 Å². The van der Waals surface area contributed by atoms with Crippen LogP contribution in [0.4, 0.5) is 5.69 Å². The van der Waals surface area contributed by atoms with Crippen molar-refractivity contribution in [1.29, 1.82) is 0 Å². The molecule has 1 N–H and O–H groups in total. The maximum absolute atomic E-state index is 12.5. The van der Waals surface area contributed by atoms with E-state index in [-0.39, 0.29) is 5.91 Å². The topological polar surface area (TPSA) is 38.3 Å². The predicted molar refractivity (Wildman–Crippen MR) is 98.5 cm³/mol. The molecule has 0 aliphatic heterocycles. The van der Waals surface area contributed by atoms with Gasteiger partial charge in [-0.2, -0.15) is 0 Å². The molecule has 3 heteroatoms. The molecule has 3 nitrogen and oxygen atoms in total. The van der Waals surface area contributed by atoms with E-state index >= 15 is 0 Å². The first-order valence-corrected chi connectivity index (χ1v) is 8.18. The number of amides is 1. The van der Waals surface area contributed by atoms with Gasteiger partial charge < -0.3 is 10.1 Å². The molecule has 0 aliphatic rings. The maximum Gasteiger partial charge on any atom is 0.265 e. The van der Waals surface area contributed by atoms with Crippen molar-refractivity contribution in [2.24, 2.45) is 0 Å². The van der Waals surface area contributed by atoms with Crippen LogP contribution >= 0.6 is 0 Å². The average molecular weight is 319 g/mol. The van der Waals surface area contributed by atoms with E-state index in [0.717, 1.165) is 22.0 Å². The zero-order chi connectivity index (χ0) is 16.9. The number of rotatable bonds is 5. The third kappa shape index (κ3) is 3.74. The van der Waals surface area contributed by atoms with Crippen LogP contribution in [-0.4, -0.2) is 12.0 Å². The first-order valence-electron chi connectivity index (χ1n) is 8.18. The monoisotopic (exact) mass is 319 g/mol. The molecular formula is C21H21NO2. The van der Waals surface area contributed by atoms with Crippen LogP contribution in [0.3, 0.4) is 0 Å². The van der Waals surface area contributed by atoms with E-state index in [2.05, 4.69) is 11.4 Å². The zero-order valence-electron chi connectivity index (χ0n) is 14.0. The van der Waals surface area contributed by atoms with Crippen molar-refractivity contribution in [3.8, 4) is 5.75 Å². The summed E-state index contributed by atoms with van der Waals surface area (Å²) in [5.41, 5.74) is 1.95. The summed E-state index contributed by atoms with van der Waals surface area (Å²) in [5, 5.41) is 5.20. The van der Waals surface area contributed by atoms with Crippen molar-refractivity contribution in [3.05, 3.63) is 72.3 Å².